The first-order valence-corrected chi connectivity index (χ1v) is 51.9. The fourth-order valence-electron chi connectivity index (χ4n) is 11.6. The van der Waals surface area contributed by atoms with Crippen molar-refractivity contribution in [1.29, 1.82) is 0 Å². The molecule has 6 saturated heterocycles. The number of rotatable bonds is 56. The SMILES string of the molecule is O=C(CCC(O)O)NCCC[Si]12O[Si]3(CCCNC(=O)CCC(O)O)O[Si]4(CCCNC(=O)CCC(O)O)O[Si](CCCNC(=O)CCC(O)O)(O1)O[Si]1(CCCNC(=O)CCC(O)O)O[Si](CCCNC(=O)CCC(O)O)(O2)O[Si](CCCNC(=O)CCC(O)O)(O3)O[Si](CCCNC(=O)CCC(O)O)(O4)O1. The van der Waals surface area contributed by atoms with E-state index in [-0.39, 0.29) is 255 Å². The second-order valence-corrected chi connectivity index (χ2v) is 51.2. The van der Waals surface area contributed by atoms with Gasteiger partial charge in [0.2, 0.25) is 47.3 Å². The van der Waals surface area contributed by atoms with Gasteiger partial charge in [0.05, 0.1) is 0 Å². The molecule has 624 valence electrons. The maximum absolute atomic E-state index is 13.3. The summed E-state index contributed by atoms with van der Waals surface area (Å²) in [6.45, 7) is -1.63. The van der Waals surface area contributed by atoms with Gasteiger partial charge in [-0.3, -0.25) is 38.4 Å². The molecule has 0 atom stereocenters. The summed E-state index contributed by atoms with van der Waals surface area (Å²) in [5.41, 5.74) is 0. The molecule has 6 aliphatic heterocycles. The van der Waals surface area contributed by atoms with Crippen LogP contribution >= 0.6 is 0 Å². The van der Waals surface area contributed by atoms with E-state index >= 15 is 0 Å². The van der Waals surface area contributed by atoms with E-state index in [1.165, 1.54) is 0 Å². The van der Waals surface area contributed by atoms with Crippen LogP contribution in [0.15, 0.2) is 0 Å². The molecule has 6 aliphatic rings. The summed E-state index contributed by atoms with van der Waals surface area (Å²) in [4.78, 5) is 107. The van der Waals surface area contributed by atoms with E-state index in [9.17, 15) is 120 Å². The van der Waals surface area contributed by atoms with Crippen LogP contribution in [0.5, 0.6) is 0 Å². The van der Waals surface area contributed by atoms with Gasteiger partial charge < -0.3 is 174 Å². The average Bonchev–Trinajstić information content (AvgIpc) is 0.687. The largest absolute Gasteiger partial charge is 0.478 e. The highest BCUT2D eigenvalue weighted by Crippen LogP contribution is 2.55. The van der Waals surface area contributed by atoms with Crippen LogP contribution in [0.2, 0.25) is 48.4 Å². The zero-order chi connectivity index (χ0) is 79.7. The Morgan fingerprint density at radius 2 is 0.278 bits per heavy atom. The third kappa shape index (κ3) is 35.4. The first-order chi connectivity index (χ1) is 51.0. The Labute approximate surface area is 632 Å². The van der Waals surface area contributed by atoms with Crippen LogP contribution in [0.25, 0.3) is 0 Å². The number of aliphatic hydroxyl groups is 16. The summed E-state index contributed by atoms with van der Waals surface area (Å²) >= 11 is 0. The molecule has 0 unspecified atom stereocenters. The summed E-state index contributed by atoms with van der Waals surface area (Å²) < 4.78 is 92.9. The lowest BCUT2D eigenvalue weighted by atomic mass is 10.3. The smallest absolute Gasteiger partial charge is 0.373 e. The van der Waals surface area contributed by atoms with Crippen LogP contribution < -0.4 is 42.5 Å². The number of carbonyl (C=O) groups excluding carboxylic acids is 8. The minimum absolute atomic E-state index is 0.136. The Kier molecular flexibility index (Phi) is 41.0. The molecule has 0 aromatic heterocycles. The van der Waals surface area contributed by atoms with Crippen LogP contribution in [0, 0.1) is 0 Å². The van der Waals surface area contributed by atoms with Crippen LogP contribution in [-0.2, 0) is 87.7 Å². The van der Waals surface area contributed by atoms with Gasteiger partial charge in [-0.15, -0.1) is 0 Å². The maximum Gasteiger partial charge on any atom is 0.478 e. The number of carbonyl (C=O) groups is 8. The minimum Gasteiger partial charge on any atom is -0.373 e. The second kappa shape index (κ2) is 46.7. The van der Waals surface area contributed by atoms with E-state index < -0.39 is 168 Å². The van der Waals surface area contributed by atoms with Gasteiger partial charge in [0.1, 0.15) is 0 Å². The van der Waals surface area contributed by atoms with Crippen LogP contribution in [0.3, 0.4) is 0 Å². The first kappa shape index (κ1) is 95.0. The van der Waals surface area contributed by atoms with E-state index in [2.05, 4.69) is 42.5 Å². The van der Waals surface area contributed by atoms with E-state index in [0.717, 1.165) is 0 Å². The van der Waals surface area contributed by atoms with Crippen LogP contribution in [0.4, 0.5) is 0 Å². The van der Waals surface area contributed by atoms with Crippen molar-refractivity contribution in [3.05, 3.63) is 0 Å². The second-order valence-electron chi connectivity index (χ2n) is 26.5. The third-order valence-electron chi connectivity index (χ3n) is 16.6. The Balaban J connectivity index is 1.93. The summed E-state index contributed by atoms with van der Waals surface area (Å²) in [5.74, 6) is -4.96. The number of hydrogen-bond acceptors (Lipinski definition) is 36. The van der Waals surface area contributed by atoms with Crippen LogP contribution in [0.1, 0.15) is 154 Å². The predicted molar refractivity (Wildman–Crippen MR) is 378 cm³/mol. The van der Waals surface area contributed by atoms with Crippen molar-refractivity contribution in [2.45, 2.75) is 253 Å². The molecule has 0 radical (unpaired) electrons. The third-order valence-corrected chi connectivity index (χ3v) is 54.2. The zero-order valence-corrected chi connectivity index (χ0v) is 68.2. The van der Waals surface area contributed by atoms with Gasteiger partial charge in [-0.25, -0.2) is 0 Å². The monoisotopic (exact) mass is 1700 g/mol. The molecule has 0 aromatic rings. The Morgan fingerprint density at radius 1 is 0.185 bits per heavy atom. The molecule has 108 heavy (non-hydrogen) atoms. The quantitative estimate of drug-likeness (QED) is 0.0153. The van der Waals surface area contributed by atoms with Crippen molar-refractivity contribution in [1.82, 2.24) is 42.5 Å². The summed E-state index contributed by atoms with van der Waals surface area (Å²) in [5, 5.41) is 176. The van der Waals surface area contributed by atoms with E-state index in [1.807, 2.05) is 0 Å². The molecule has 6 rings (SSSR count). The van der Waals surface area contributed by atoms with E-state index in [1.54, 1.807) is 0 Å². The summed E-state index contributed by atoms with van der Waals surface area (Å²) in [6.07, 6.45) is -21.3. The van der Waals surface area contributed by atoms with Crippen molar-refractivity contribution < 1.29 is 169 Å². The number of nitrogens with one attached hydrogen (secondary N) is 8. The lowest BCUT2D eigenvalue weighted by molar-refractivity contribution is -0.124. The fraction of sp³-hybridized carbons (Fsp3) is 0.857. The highest BCUT2D eigenvalue weighted by Gasteiger charge is 2.83. The van der Waals surface area contributed by atoms with Gasteiger partial charge in [-0.2, -0.15) is 0 Å². The highest BCUT2D eigenvalue weighted by molar-refractivity contribution is 7.03. The maximum atomic E-state index is 13.3. The van der Waals surface area contributed by atoms with Gasteiger partial charge in [0.25, 0.3) is 0 Å². The average molecular weight is 1700 g/mol. The number of hydrogen-bond donors (Lipinski definition) is 24. The minimum atomic E-state index is -5.16. The molecule has 44 nitrogen and oxygen atoms in total. The normalized spacial score (nSPS) is 25.9. The molecule has 8 bridgehead atoms. The molecule has 0 saturated carbocycles. The van der Waals surface area contributed by atoms with E-state index in [0.29, 0.717) is 0 Å². The van der Waals surface area contributed by atoms with Gasteiger partial charge in [-0.05, 0) is 51.4 Å². The molecular weight excluding hydrogens is 1590 g/mol. The molecular formula is C56H112N8O36Si8. The molecule has 6 fully saturated rings. The Bertz CT molecular complexity index is 2200. The summed E-state index contributed by atoms with van der Waals surface area (Å²) in [6, 6.07) is -3.00. The molecule has 0 aliphatic carbocycles. The number of amides is 8. The zero-order valence-electron chi connectivity index (χ0n) is 60.2. The molecule has 52 heteroatoms. The Hall–Kier alpha value is -3.62. The van der Waals surface area contributed by atoms with Crippen molar-refractivity contribution in [3.8, 4) is 0 Å². The molecule has 6 heterocycles. The lowest BCUT2D eigenvalue weighted by Gasteiger charge is -2.63. The molecule has 24 N–H and O–H groups in total. The van der Waals surface area contributed by atoms with Gasteiger partial charge in [-0.1, -0.05) is 0 Å². The topological polar surface area (TPSA) is 667 Å². The molecule has 8 amide bonds. The van der Waals surface area contributed by atoms with Crippen molar-refractivity contribution in [2.24, 2.45) is 0 Å². The highest BCUT2D eigenvalue weighted by atomic mass is 28.6. The van der Waals surface area contributed by atoms with Crippen molar-refractivity contribution >= 4 is 118 Å². The van der Waals surface area contributed by atoms with Crippen molar-refractivity contribution in [3.63, 3.8) is 0 Å². The molecule has 0 spiro atoms. The lowest BCUT2D eigenvalue weighted by Crippen LogP contribution is -2.88. The summed E-state index contributed by atoms with van der Waals surface area (Å²) in [7, 11) is -41.3. The molecule has 0 aromatic carbocycles. The number of aliphatic hydroxyl groups excluding tert-OH is 8. The van der Waals surface area contributed by atoms with Gasteiger partial charge >= 0.3 is 70.4 Å². The van der Waals surface area contributed by atoms with E-state index in [4.69, 9.17) is 49.4 Å². The van der Waals surface area contributed by atoms with Gasteiger partial charge in [0, 0.05) is 203 Å². The van der Waals surface area contributed by atoms with Crippen molar-refractivity contribution in [2.75, 3.05) is 52.4 Å². The predicted octanol–water partition coefficient (Wildman–Crippen LogP) is -7.46. The standard InChI is InChI=1S/C56H112N8O36Si8/c65-41(9-17-49(73)74)57-25-1-33-101-89-102(34-2-26-58-42(66)10-18-50(75)76)92-105(37-5-29-61-45(69)13-21-53(81)82)94-103(90-101,35-3-27-59-43(67)11-19-51(77)78)96-107(39-7-31-63-47(71)15-23-55(85)86)97-104(91-101,36-4-28-60-44(68)12-20-52(79)80)95-106(93-102,38-6-30-62-46(70)14-22-54(83)84)99-108(98-105,100-107)40-8-32-64-48(72)16-24-56(87)88/h49-56,73-88H,1-40H2,(H,57,65)(H,58,66)(H,59,67)(H,60,68)(H,61,69)(H,62,70)(H,63,71)(H,64,72). The Morgan fingerprint density at radius 3 is 0.361 bits per heavy atom. The van der Waals surface area contributed by atoms with Gasteiger partial charge in [0.15, 0.2) is 50.3 Å². The fourth-order valence-corrected chi connectivity index (χ4v) is 62.0. The first-order valence-electron chi connectivity index (χ1n) is 36.4. The van der Waals surface area contributed by atoms with Crippen LogP contribution in [-0.4, -0.2) is 302 Å².